The summed E-state index contributed by atoms with van der Waals surface area (Å²) in [5, 5.41) is 3.47. The van der Waals surface area contributed by atoms with E-state index in [9.17, 15) is 0 Å². The smallest absolute Gasteiger partial charge is 0.175 e. The van der Waals surface area contributed by atoms with E-state index in [1.54, 1.807) is 19.5 Å². The molecule has 130 valence electrons. The van der Waals surface area contributed by atoms with Crippen LogP contribution in [0.5, 0.6) is 11.5 Å². The number of unbranched alkanes of at least 4 members (excludes halogenated alkanes) is 2. The molecule has 2 rings (SSSR count). The van der Waals surface area contributed by atoms with Gasteiger partial charge in [0.1, 0.15) is 6.61 Å². The highest BCUT2D eigenvalue weighted by atomic mass is 79.9. The van der Waals surface area contributed by atoms with Gasteiger partial charge in [-0.2, -0.15) is 0 Å². The van der Waals surface area contributed by atoms with Crippen molar-refractivity contribution in [3.63, 3.8) is 0 Å². The first kappa shape index (κ1) is 18.7. The molecule has 0 saturated heterocycles. The molecule has 0 saturated carbocycles. The standard InChI is InChI=1S/C19H25BrN2O2/c1-3-4-5-8-21-13-16-10-17(20)19(18(11-16)23-2)24-14-15-7-6-9-22-12-15/h6-7,9-12,21H,3-5,8,13-14H2,1-2H3. The summed E-state index contributed by atoms with van der Waals surface area (Å²) in [7, 11) is 1.66. The van der Waals surface area contributed by atoms with Crippen molar-refractivity contribution >= 4 is 15.9 Å². The van der Waals surface area contributed by atoms with Gasteiger partial charge in [-0.25, -0.2) is 0 Å². The van der Waals surface area contributed by atoms with Crippen LogP contribution in [0.15, 0.2) is 41.1 Å². The average molecular weight is 393 g/mol. The Bertz CT molecular complexity index is 620. The van der Waals surface area contributed by atoms with E-state index in [-0.39, 0.29) is 0 Å². The number of hydrogen-bond acceptors (Lipinski definition) is 4. The largest absolute Gasteiger partial charge is 0.493 e. The van der Waals surface area contributed by atoms with Crippen LogP contribution in [0.2, 0.25) is 0 Å². The maximum absolute atomic E-state index is 5.93. The highest BCUT2D eigenvalue weighted by Gasteiger charge is 2.12. The van der Waals surface area contributed by atoms with E-state index < -0.39 is 0 Å². The monoisotopic (exact) mass is 392 g/mol. The summed E-state index contributed by atoms with van der Waals surface area (Å²) in [4.78, 5) is 4.10. The first-order valence-electron chi connectivity index (χ1n) is 8.33. The van der Waals surface area contributed by atoms with Gasteiger partial charge in [0.05, 0.1) is 11.6 Å². The van der Waals surface area contributed by atoms with Crippen molar-refractivity contribution in [3.8, 4) is 11.5 Å². The van der Waals surface area contributed by atoms with Gasteiger partial charge < -0.3 is 14.8 Å². The van der Waals surface area contributed by atoms with Crippen LogP contribution in [0.25, 0.3) is 0 Å². The third-order valence-corrected chi connectivity index (χ3v) is 4.27. The van der Waals surface area contributed by atoms with Gasteiger partial charge in [0.2, 0.25) is 0 Å². The Morgan fingerprint density at radius 2 is 2.08 bits per heavy atom. The molecule has 2 aromatic rings. The fourth-order valence-electron chi connectivity index (χ4n) is 2.39. The second kappa shape index (κ2) is 10.3. The lowest BCUT2D eigenvalue weighted by atomic mass is 10.2. The lowest BCUT2D eigenvalue weighted by Gasteiger charge is -2.15. The van der Waals surface area contributed by atoms with Gasteiger partial charge in [-0.15, -0.1) is 0 Å². The molecule has 0 aliphatic rings. The molecule has 4 nitrogen and oxygen atoms in total. The van der Waals surface area contributed by atoms with Crippen LogP contribution in [0, 0.1) is 0 Å². The summed E-state index contributed by atoms with van der Waals surface area (Å²) in [5.74, 6) is 1.45. The molecule has 0 amide bonds. The molecule has 0 fully saturated rings. The number of pyridine rings is 1. The molecule has 1 N–H and O–H groups in total. The van der Waals surface area contributed by atoms with Crippen molar-refractivity contribution in [3.05, 3.63) is 52.3 Å². The first-order chi connectivity index (χ1) is 11.7. The van der Waals surface area contributed by atoms with Crippen molar-refractivity contribution in [2.45, 2.75) is 39.3 Å². The molecule has 0 spiro atoms. The Balaban J connectivity index is 1.98. The van der Waals surface area contributed by atoms with Gasteiger partial charge in [-0.05, 0) is 52.7 Å². The minimum atomic E-state index is 0.456. The maximum Gasteiger partial charge on any atom is 0.175 e. The molecule has 5 heteroatoms. The Morgan fingerprint density at radius 3 is 2.79 bits per heavy atom. The molecule has 0 atom stereocenters. The summed E-state index contributed by atoms with van der Waals surface area (Å²) >= 11 is 3.60. The zero-order valence-electron chi connectivity index (χ0n) is 14.3. The van der Waals surface area contributed by atoms with E-state index in [1.165, 1.54) is 24.8 Å². The van der Waals surface area contributed by atoms with Gasteiger partial charge in [0, 0.05) is 24.5 Å². The van der Waals surface area contributed by atoms with Gasteiger partial charge in [-0.3, -0.25) is 4.98 Å². The summed E-state index contributed by atoms with van der Waals surface area (Å²) in [5.41, 5.74) is 2.19. The third kappa shape index (κ3) is 5.80. The van der Waals surface area contributed by atoms with Crippen molar-refractivity contribution in [1.82, 2.24) is 10.3 Å². The molecule has 0 aliphatic heterocycles. The quantitative estimate of drug-likeness (QED) is 0.594. The molecule has 1 aromatic carbocycles. The van der Waals surface area contributed by atoms with Gasteiger partial charge in [0.25, 0.3) is 0 Å². The van der Waals surface area contributed by atoms with Gasteiger partial charge in [0.15, 0.2) is 11.5 Å². The number of ether oxygens (including phenoxy) is 2. The van der Waals surface area contributed by atoms with Crippen LogP contribution in [0.4, 0.5) is 0 Å². The predicted molar refractivity (Wildman–Crippen MR) is 100 cm³/mol. The highest BCUT2D eigenvalue weighted by Crippen LogP contribution is 2.37. The minimum absolute atomic E-state index is 0.456. The van der Waals surface area contributed by atoms with E-state index in [0.717, 1.165) is 34.6 Å². The zero-order valence-corrected chi connectivity index (χ0v) is 15.9. The maximum atomic E-state index is 5.93. The van der Waals surface area contributed by atoms with Gasteiger partial charge >= 0.3 is 0 Å². The SMILES string of the molecule is CCCCCNCc1cc(Br)c(OCc2cccnc2)c(OC)c1. The Morgan fingerprint density at radius 1 is 1.21 bits per heavy atom. The Kier molecular flexibility index (Phi) is 8.05. The molecule has 1 aromatic heterocycles. The number of methoxy groups -OCH3 is 1. The fourth-order valence-corrected chi connectivity index (χ4v) is 2.99. The van der Waals surface area contributed by atoms with E-state index in [4.69, 9.17) is 9.47 Å². The molecular formula is C19H25BrN2O2. The topological polar surface area (TPSA) is 43.4 Å². The lowest BCUT2D eigenvalue weighted by Crippen LogP contribution is -2.14. The molecule has 24 heavy (non-hydrogen) atoms. The summed E-state index contributed by atoms with van der Waals surface area (Å²) < 4.78 is 12.3. The van der Waals surface area contributed by atoms with Crippen LogP contribution in [0.3, 0.4) is 0 Å². The Hall–Kier alpha value is -1.59. The van der Waals surface area contributed by atoms with E-state index >= 15 is 0 Å². The second-order valence-electron chi connectivity index (χ2n) is 5.64. The van der Waals surface area contributed by atoms with Crippen molar-refractivity contribution in [1.29, 1.82) is 0 Å². The molecule has 0 aliphatic carbocycles. The zero-order chi connectivity index (χ0) is 17.2. The van der Waals surface area contributed by atoms with Crippen LogP contribution < -0.4 is 14.8 Å². The number of nitrogens with one attached hydrogen (secondary N) is 1. The minimum Gasteiger partial charge on any atom is -0.493 e. The molecule has 1 heterocycles. The summed E-state index contributed by atoms with van der Waals surface area (Å²) in [6.45, 7) is 4.53. The number of halogens is 1. The van der Waals surface area contributed by atoms with Crippen LogP contribution in [-0.2, 0) is 13.2 Å². The summed E-state index contributed by atoms with van der Waals surface area (Å²) in [6, 6.07) is 7.99. The van der Waals surface area contributed by atoms with Crippen molar-refractivity contribution in [2.75, 3.05) is 13.7 Å². The predicted octanol–water partition coefficient (Wildman–Crippen LogP) is 4.71. The average Bonchev–Trinajstić information content (AvgIpc) is 2.61. The van der Waals surface area contributed by atoms with Crippen molar-refractivity contribution in [2.24, 2.45) is 0 Å². The molecule has 0 unspecified atom stereocenters. The number of nitrogens with zero attached hydrogens (tertiary/aromatic N) is 1. The Labute approximate surface area is 152 Å². The van der Waals surface area contributed by atoms with Gasteiger partial charge in [-0.1, -0.05) is 25.8 Å². The van der Waals surface area contributed by atoms with Crippen molar-refractivity contribution < 1.29 is 9.47 Å². The number of benzene rings is 1. The molecule has 0 radical (unpaired) electrons. The number of aromatic nitrogens is 1. The summed E-state index contributed by atoms with van der Waals surface area (Å²) in [6.07, 6.45) is 7.27. The van der Waals surface area contributed by atoms with E-state index in [1.807, 2.05) is 18.2 Å². The number of rotatable bonds is 10. The fraction of sp³-hybridized carbons (Fsp3) is 0.421. The molecule has 0 bridgehead atoms. The van der Waals surface area contributed by atoms with Crippen LogP contribution >= 0.6 is 15.9 Å². The highest BCUT2D eigenvalue weighted by molar-refractivity contribution is 9.10. The second-order valence-corrected chi connectivity index (χ2v) is 6.50. The van der Waals surface area contributed by atoms with E-state index in [0.29, 0.717) is 6.61 Å². The number of hydrogen-bond donors (Lipinski definition) is 1. The van der Waals surface area contributed by atoms with Crippen LogP contribution in [0.1, 0.15) is 37.3 Å². The molecular weight excluding hydrogens is 368 g/mol. The van der Waals surface area contributed by atoms with Crippen LogP contribution in [-0.4, -0.2) is 18.6 Å². The normalized spacial score (nSPS) is 10.6. The van der Waals surface area contributed by atoms with E-state index in [2.05, 4.69) is 39.2 Å². The first-order valence-corrected chi connectivity index (χ1v) is 9.12. The lowest BCUT2D eigenvalue weighted by molar-refractivity contribution is 0.282. The third-order valence-electron chi connectivity index (χ3n) is 3.68.